The average molecular weight is 520 g/mol. The number of aliphatic imine (C=N–C) groups is 1. The van der Waals surface area contributed by atoms with E-state index in [1.165, 1.54) is 24.3 Å². The van der Waals surface area contributed by atoms with Crippen molar-refractivity contribution in [3.63, 3.8) is 0 Å². The molecule has 0 unspecified atom stereocenters. The molecule has 11 heteroatoms. The zero-order valence-corrected chi connectivity index (χ0v) is 20.6. The van der Waals surface area contributed by atoms with E-state index >= 15 is 0 Å². The van der Waals surface area contributed by atoms with Crippen LogP contribution >= 0.6 is 12.2 Å². The predicted octanol–water partition coefficient (Wildman–Crippen LogP) is 5.39. The highest BCUT2D eigenvalue weighted by molar-refractivity contribution is 7.80. The first kappa shape index (κ1) is 27.0. The van der Waals surface area contributed by atoms with Crippen molar-refractivity contribution >= 4 is 29.2 Å². The van der Waals surface area contributed by atoms with Crippen molar-refractivity contribution in [3.8, 4) is 5.75 Å². The van der Waals surface area contributed by atoms with E-state index in [1.54, 1.807) is 31.6 Å². The van der Waals surface area contributed by atoms with E-state index in [0.717, 1.165) is 31.6 Å². The minimum absolute atomic E-state index is 0.210. The molecule has 2 N–H and O–H groups in total. The number of hydrogen-bond donors (Lipinski definition) is 2. The number of thiocarbonyl (C=S) groups is 1. The van der Waals surface area contributed by atoms with E-state index in [0.29, 0.717) is 22.3 Å². The monoisotopic (exact) mass is 519 g/mol. The van der Waals surface area contributed by atoms with Gasteiger partial charge in [-0.05, 0) is 67.9 Å². The van der Waals surface area contributed by atoms with E-state index in [2.05, 4.69) is 36.8 Å². The van der Waals surface area contributed by atoms with E-state index in [4.69, 9.17) is 17.0 Å². The largest absolute Gasteiger partial charge is 0.573 e. The molecule has 7 nitrogen and oxygen atoms in total. The molecule has 3 rings (SSSR count). The second-order valence-corrected chi connectivity index (χ2v) is 8.46. The first-order chi connectivity index (χ1) is 17.2. The van der Waals surface area contributed by atoms with Crippen LogP contribution in [0.2, 0.25) is 0 Å². The number of pyridine rings is 1. The number of benzene rings is 1. The van der Waals surface area contributed by atoms with E-state index in [-0.39, 0.29) is 18.4 Å². The van der Waals surface area contributed by atoms with E-state index in [9.17, 15) is 13.2 Å². The Balaban J connectivity index is 1.36. The summed E-state index contributed by atoms with van der Waals surface area (Å²) in [6.07, 6.45) is 3.84. The van der Waals surface area contributed by atoms with Crippen LogP contribution in [0.1, 0.15) is 25.3 Å². The Kier molecular flexibility index (Phi) is 9.69. The topological polar surface area (TPSA) is 71.0 Å². The Morgan fingerprint density at radius 1 is 1.25 bits per heavy atom. The van der Waals surface area contributed by atoms with Crippen LogP contribution in [0.4, 0.5) is 18.9 Å². The second-order valence-electron chi connectivity index (χ2n) is 8.05. The standard InChI is InChI=1S/C25H28F3N5O2S/c1-18(34-17-20-5-7-23(8-6-20)35-25(26,27)28)9-13-30-19(2)33-14-10-21(11-15-33)31-24(36)32-22-4-3-12-29-16-22/h3-9,12-13,16,21H,2,10-11,14-15,17H2,1H3,(H2,31,32,36)/b18-9+,30-13-. The van der Waals surface area contributed by atoms with Crippen LogP contribution in [0.3, 0.4) is 0 Å². The number of anilines is 1. The van der Waals surface area contributed by atoms with Gasteiger partial charge in [-0.1, -0.05) is 18.7 Å². The number of likely N-dealkylation sites (tertiary alicyclic amines) is 1. The first-order valence-electron chi connectivity index (χ1n) is 11.3. The molecule has 1 aromatic carbocycles. The van der Waals surface area contributed by atoms with Gasteiger partial charge in [-0.15, -0.1) is 13.2 Å². The molecule has 1 fully saturated rings. The van der Waals surface area contributed by atoms with Gasteiger partial charge in [0.1, 0.15) is 18.2 Å². The predicted molar refractivity (Wildman–Crippen MR) is 137 cm³/mol. The van der Waals surface area contributed by atoms with Crippen LogP contribution in [-0.2, 0) is 11.3 Å². The fraction of sp³-hybridized carbons (Fsp3) is 0.320. The van der Waals surface area contributed by atoms with Crippen LogP contribution in [0.5, 0.6) is 5.75 Å². The zero-order chi connectivity index (χ0) is 26.0. The molecule has 0 amide bonds. The molecule has 0 saturated carbocycles. The van der Waals surface area contributed by atoms with Gasteiger partial charge in [0.15, 0.2) is 5.11 Å². The minimum Gasteiger partial charge on any atom is -0.493 e. The Morgan fingerprint density at radius 2 is 1.97 bits per heavy atom. The highest BCUT2D eigenvalue weighted by Gasteiger charge is 2.30. The number of rotatable bonds is 9. The average Bonchev–Trinajstić information content (AvgIpc) is 2.83. The summed E-state index contributed by atoms with van der Waals surface area (Å²) in [5.41, 5.74) is 1.56. The maximum atomic E-state index is 12.2. The normalized spacial score (nSPS) is 15.0. The Morgan fingerprint density at radius 3 is 2.61 bits per heavy atom. The van der Waals surface area contributed by atoms with Gasteiger partial charge in [0.05, 0.1) is 17.6 Å². The summed E-state index contributed by atoms with van der Waals surface area (Å²) in [6, 6.07) is 9.55. The Bertz CT molecular complexity index is 1070. The molecule has 0 aliphatic carbocycles. The van der Waals surface area contributed by atoms with Crippen molar-refractivity contribution in [2.24, 2.45) is 4.99 Å². The summed E-state index contributed by atoms with van der Waals surface area (Å²) in [4.78, 5) is 10.6. The third kappa shape index (κ3) is 9.57. The lowest BCUT2D eigenvalue weighted by atomic mass is 10.1. The van der Waals surface area contributed by atoms with Crippen molar-refractivity contribution < 1.29 is 22.6 Å². The highest BCUT2D eigenvalue weighted by Crippen LogP contribution is 2.23. The number of hydrogen-bond acceptors (Lipinski definition) is 6. The van der Waals surface area contributed by atoms with Crippen LogP contribution < -0.4 is 15.4 Å². The molecule has 2 heterocycles. The van der Waals surface area contributed by atoms with Crippen molar-refractivity contribution in [2.75, 3.05) is 18.4 Å². The minimum atomic E-state index is -4.71. The van der Waals surface area contributed by atoms with Crippen LogP contribution in [0, 0.1) is 0 Å². The Hall–Kier alpha value is -3.60. The molecule has 1 aliphatic heterocycles. The molecular formula is C25H28F3N5O2S. The number of nitrogens with zero attached hydrogens (tertiary/aromatic N) is 3. The van der Waals surface area contributed by atoms with Crippen molar-refractivity contribution in [1.29, 1.82) is 0 Å². The maximum absolute atomic E-state index is 12.2. The van der Waals surface area contributed by atoms with Gasteiger partial charge in [-0.25, -0.2) is 4.99 Å². The fourth-order valence-electron chi connectivity index (χ4n) is 3.41. The summed E-state index contributed by atoms with van der Waals surface area (Å²) in [5, 5.41) is 7.04. The third-order valence-electron chi connectivity index (χ3n) is 5.27. The number of allylic oxidation sites excluding steroid dienone is 2. The van der Waals surface area contributed by atoms with Crippen LogP contribution in [-0.4, -0.2) is 46.7 Å². The van der Waals surface area contributed by atoms with Gasteiger partial charge in [-0.2, -0.15) is 0 Å². The SMILES string of the molecule is C=C(/N=C\C=C(/C)OCc1ccc(OC(F)(F)F)cc1)N1CCC(NC(=S)Nc2cccnc2)CC1. The molecule has 1 saturated heterocycles. The van der Waals surface area contributed by atoms with Gasteiger partial charge in [0.2, 0.25) is 0 Å². The van der Waals surface area contributed by atoms with Crippen LogP contribution in [0.15, 0.2) is 78.0 Å². The summed E-state index contributed by atoms with van der Waals surface area (Å²) in [7, 11) is 0. The molecule has 36 heavy (non-hydrogen) atoms. The number of nitrogens with one attached hydrogen (secondary N) is 2. The molecule has 0 bridgehead atoms. The van der Waals surface area contributed by atoms with E-state index < -0.39 is 6.36 Å². The lowest BCUT2D eigenvalue weighted by Gasteiger charge is -2.34. The molecule has 1 aliphatic rings. The summed E-state index contributed by atoms with van der Waals surface area (Å²) in [5.74, 6) is 1.00. The van der Waals surface area contributed by atoms with Gasteiger partial charge < -0.3 is 25.0 Å². The summed E-state index contributed by atoms with van der Waals surface area (Å²) in [6.45, 7) is 7.63. The van der Waals surface area contributed by atoms with Gasteiger partial charge in [0, 0.05) is 31.5 Å². The third-order valence-corrected chi connectivity index (χ3v) is 5.49. The lowest BCUT2D eigenvalue weighted by molar-refractivity contribution is -0.274. The molecule has 0 radical (unpaired) electrons. The first-order valence-corrected chi connectivity index (χ1v) is 11.7. The molecule has 0 spiro atoms. The Labute approximate surface area is 213 Å². The van der Waals surface area contributed by atoms with Crippen molar-refractivity contribution in [3.05, 3.63) is 78.6 Å². The number of halogens is 3. The number of ether oxygens (including phenoxy) is 2. The maximum Gasteiger partial charge on any atom is 0.573 e. The van der Waals surface area contributed by atoms with Gasteiger partial charge in [0.25, 0.3) is 0 Å². The number of aromatic nitrogens is 1. The molecule has 2 aromatic rings. The quantitative estimate of drug-likeness (QED) is 0.261. The summed E-state index contributed by atoms with van der Waals surface area (Å²) >= 11 is 5.39. The summed E-state index contributed by atoms with van der Waals surface area (Å²) < 4.78 is 46.2. The van der Waals surface area contributed by atoms with Crippen molar-refractivity contribution in [1.82, 2.24) is 15.2 Å². The molecule has 1 aromatic heterocycles. The van der Waals surface area contributed by atoms with Gasteiger partial charge in [-0.3, -0.25) is 4.98 Å². The smallest absolute Gasteiger partial charge is 0.493 e. The molecule has 192 valence electrons. The lowest BCUT2D eigenvalue weighted by Crippen LogP contribution is -2.45. The molecule has 0 atom stereocenters. The zero-order valence-electron chi connectivity index (χ0n) is 19.8. The number of piperidine rings is 1. The van der Waals surface area contributed by atoms with Crippen molar-refractivity contribution in [2.45, 2.75) is 38.8 Å². The van der Waals surface area contributed by atoms with E-state index in [1.807, 2.05) is 12.1 Å². The van der Waals surface area contributed by atoms with Crippen LogP contribution in [0.25, 0.3) is 0 Å². The highest BCUT2D eigenvalue weighted by atomic mass is 32.1. The fourth-order valence-corrected chi connectivity index (χ4v) is 3.70. The number of alkyl halides is 3. The van der Waals surface area contributed by atoms with Gasteiger partial charge >= 0.3 is 6.36 Å². The molecular weight excluding hydrogens is 491 g/mol. The second kappa shape index (κ2) is 12.9.